The van der Waals surface area contributed by atoms with E-state index in [2.05, 4.69) is 93.6 Å². The molecule has 2 aliphatic heterocycles. The number of nitrogens with zero attached hydrogens (tertiary/aromatic N) is 4. The lowest BCUT2D eigenvalue weighted by atomic mass is 9.99. The molecule has 0 saturated carbocycles. The summed E-state index contributed by atoms with van der Waals surface area (Å²) < 4.78 is 5.65. The van der Waals surface area contributed by atoms with Crippen LogP contribution in [0, 0.1) is 0 Å². The van der Waals surface area contributed by atoms with Crippen LogP contribution in [0.25, 0.3) is 44.5 Å². The zero-order valence-electron chi connectivity index (χ0n) is 25.9. The number of hydrogen-bond acceptors (Lipinski definition) is 5. The fourth-order valence-corrected chi connectivity index (χ4v) is 6.56. The number of likely N-dealkylation sites (tertiary alicyclic amines) is 2. The molecule has 7 rings (SSSR count). The summed E-state index contributed by atoms with van der Waals surface area (Å²) in [5, 5.41) is 0. The number of benzene rings is 3. The molecule has 2 saturated heterocycles. The predicted octanol–water partition coefficient (Wildman–Crippen LogP) is 8.13. The number of fused-ring (bicyclic) bond motifs is 1. The van der Waals surface area contributed by atoms with E-state index in [1.165, 1.54) is 17.5 Å². The van der Waals surface area contributed by atoms with E-state index in [9.17, 15) is 4.79 Å². The van der Waals surface area contributed by atoms with Crippen LogP contribution in [0.1, 0.15) is 70.2 Å². The van der Waals surface area contributed by atoms with E-state index in [1.54, 1.807) is 4.90 Å². The highest BCUT2D eigenvalue weighted by Gasteiger charge is 2.35. The average molecular weight is 589 g/mol. The summed E-state index contributed by atoms with van der Waals surface area (Å²) in [7, 11) is 2.17. The summed E-state index contributed by atoms with van der Waals surface area (Å²) >= 11 is 0. The van der Waals surface area contributed by atoms with Gasteiger partial charge in [-0.05, 0) is 100.0 Å². The summed E-state index contributed by atoms with van der Waals surface area (Å²) in [5.41, 5.74) is 8.15. The molecule has 2 atom stereocenters. The molecule has 3 aromatic carbocycles. The van der Waals surface area contributed by atoms with Gasteiger partial charge in [-0.1, -0.05) is 54.6 Å². The summed E-state index contributed by atoms with van der Waals surface area (Å²) in [6, 6.07) is 24.0. The van der Waals surface area contributed by atoms with E-state index in [1.807, 2.05) is 27.0 Å². The lowest BCUT2D eigenvalue weighted by Gasteiger charge is -2.27. The Hall–Kier alpha value is -4.43. The Kier molecular flexibility index (Phi) is 7.25. The lowest BCUT2D eigenvalue weighted by molar-refractivity contribution is 0.0219. The molecular formula is C36H40N6O2. The van der Waals surface area contributed by atoms with Crippen molar-refractivity contribution in [2.45, 2.75) is 64.1 Å². The van der Waals surface area contributed by atoms with Crippen molar-refractivity contribution in [3.8, 4) is 33.5 Å². The first kappa shape index (κ1) is 28.3. The number of aromatic amines is 2. The van der Waals surface area contributed by atoms with Crippen molar-refractivity contribution in [1.29, 1.82) is 0 Å². The van der Waals surface area contributed by atoms with E-state index in [0.717, 1.165) is 70.9 Å². The number of amides is 1. The molecule has 4 heterocycles. The van der Waals surface area contributed by atoms with E-state index in [0.29, 0.717) is 12.6 Å². The monoisotopic (exact) mass is 588 g/mol. The van der Waals surface area contributed by atoms with Gasteiger partial charge in [-0.2, -0.15) is 0 Å². The highest BCUT2D eigenvalue weighted by molar-refractivity contribution is 5.83. The van der Waals surface area contributed by atoms with Gasteiger partial charge < -0.3 is 14.7 Å². The van der Waals surface area contributed by atoms with Crippen LogP contribution in [-0.2, 0) is 4.74 Å². The minimum Gasteiger partial charge on any atom is -0.444 e. The number of hydrogen-bond donors (Lipinski definition) is 2. The number of imidazole rings is 2. The molecule has 0 bridgehead atoms. The quantitative estimate of drug-likeness (QED) is 0.216. The van der Waals surface area contributed by atoms with Crippen molar-refractivity contribution in [1.82, 2.24) is 29.7 Å². The molecule has 8 nitrogen and oxygen atoms in total. The van der Waals surface area contributed by atoms with Crippen molar-refractivity contribution in [2.24, 2.45) is 0 Å². The third kappa shape index (κ3) is 5.62. The van der Waals surface area contributed by atoms with E-state index in [4.69, 9.17) is 9.72 Å². The van der Waals surface area contributed by atoms with Gasteiger partial charge in [-0.25, -0.2) is 14.8 Å². The summed E-state index contributed by atoms with van der Waals surface area (Å²) in [4.78, 5) is 33.6. The van der Waals surface area contributed by atoms with Gasteiger partial charge in [0.2, 0.25) is 0 Å². The van der Waals surface area contributed by atoms with Crippen LogP contribution in [0.4, 0.5) is 4.79 Å². The second-order valence-corrected chi connectivity index (χ2v) is 13.2. The SMILES string of the molecule is CN1CCCC1c1ncc(-c2ccc(-c3ccc(-c4ccc5nc(C6CCCN6C(=O)OC(C)(C)C)[nH]c5c4)cc3)cc2)[nH]1. The third-order valence-corrected chi connectivity index (χ3v) is 8.88. The van der Waals surface area contributed by atoms with Gasteiger partial charge in [0.25, 0.3) is 0 Å². The first-order chi connectivity index (χ1) is 21.2. The minimum absolute atomic E-state index is 0.101. The van der Waals surface area contributed by atoms with Gasteiger partial charge >= 0.3 is 6.09 Å². The van der Waals surface area contributed by atoms with Crippen molar-refractivity contribution >= 4 is 17.1 Å². The van der Waals surface area contributed by atoms with Gasteiger partial charge in [0.15, 0.2) is 0 Å². The molecule has 0 aliphatic carbocycles. The maximum atomic E-state index is 12.8. The fourth-order valence-electron chi connectivity index (χ4n) is 6.56. The molecule has 226 valence electrons. The Labute approximate surface area is 258 Å². The molecule has 0 radical (unpaired) electrons. The van der Waals surface area contributed by atoms with Crippen LogP contribution >= 0.6 is 0 Å². The van der Waals surface area contributed by atoms with Crippen LogP contribution in [0.15, 0.2) is 72.9 Å². The van der Waals surface area contributed by atoms with Crippen LogP contribution in [-0.4, -0.2) is 61.6 Å². The first-order valence-corrected chi connectivity index (χ1v) is 15.7. The maximum Gasteiger partial charge on any atom is 0.410 e. The minimum atomic E-state index is -0.525. The Balaban J connectivity index is 1.06. The number of carbonyl (C=O) groups excluding carboxylic acids is 1. The van der Waals surface area contributed by atoms with E-state index < -0.39 is 5.60 Å². The number of carbonyl (C=O) groups is 1. The molecule has 1 amide bonds. The molecule has 44 heavy (non-hydrogen) atoms. The summed E-state index contributed by atoms with van der Waals surface area (Å²) in [6.45, 7) is 7.50. The average Bonchev–Trinajstić information content (AvgIpc) is 3.82. The molecule has 5 aromatic rings. The number of rotatable bonds is 5. The molecule has 8 heteroatoms. The summed E-state index contributed by atoms with van der Waals surface area (Å²) in [5.74, 6) is 1.88. The van der Waals surface area contributed by atoms with Crippen LogP contribution in [0.5, 0.6) is 0 Å². The molecule has 2 aliphatic rings. The normalized spacial score (nSPS) is 19.2. The first-order valence-electron chi connectivity index (χ1n) is 15.7. The molecule has 2 unspecified atom stereocenters. The van der Waals surface area contributed by atoms with E-state index in [-0.39, 0.29) is 12.1 Å². The number of H-pyrrole nitrogens is 2. The maximum absolute atomic E-state index is 12.8. The van der Waals surface area contributed by atoms with Crippen molar-refractivity contribution < 1.29 is 9.53 Å². The van der Waals surface area contributed by atoms with Crippen molar-refractivity contribution in [2.75, 3.05) is 20.1 Å². The number of aromatic nitrogens is 4. The molecule has 2 N–H and O–H groups in total. The second kappa shape index (κ2) is 11.2. The largest absolute Gasteiger partial charge is 0.444 e. The van der Waals surface area contributed by atoms with Crippen LogP contribution < -0.4 is 0 Å². The highest BCUT2D eigenvalue weighted by Crippen LogP contribution is 2.35. The molecular weight excluding hydrogens is 548 g/mol. The third-order valence-electron chi connectivity index (χ3n) is 8.88. The van der Waals surface area contributed by atoms with Gasteiger partial charge in [0.1, 0.15) is 17.2 Å². The predicted molar refractivity (Wildman–Crippen MR) is 174 cm³/mol. The molecule has 2 fully saturated rings. The zero-order chi connectivity index (χ0) is 30.4. The Morgan fingerprint density at radius 3 is 2.07 bits per heavy atom. The Morgan fingerprint density at radius 2 is 1.41 bits per heavy atom. The molecule has 0 spiro atoms. The Morgan fingerprint density at radius 1 is 0.795 bits per heavy atom. The van der Waals surface area contributed by atoms with Crippen molar-refractivity contribution in [3.05, 3.63) is 84.6 Å². The topological polar surface area (TPSA) is 90.1 Å². The summed E-state index contributed by atoms with van der Waals surface area (Å²) in [6.07, 6.45) is 5.86. The second-order valence-electron chi connectivity index (χ2n) is 13.2. The standard InChI is InChI=1S/C36H40N6O2/c1-36(2,3)44-35(43)42-20-6-8-32(42)34-38-28-18-17-27(21-29(28)39-34)25-11-9-23(10-12-25)24-13-15-26(16-14-24)30-22-37-33(40-30)31-7-5-19-41(31)4/h9-18,21-22,31-32H,5-8,19-20H2,1-4H3,(H,37,40)(H,38,39). The fraction of sp³-hybridized carbons (Fsp3) is 0.361. The zero-order valence-corrected chi connectivity index (χ0v) is 25.9. The van der Waals surface area contributed by atoms with Gasteiger partial charge in [-0.3, -0.25) is 9.80 Å². The number of nitrogens with one attached hydrogen (secondary N) is 2. The Bertz CT molecular complexity index is 1780. The lowest BCUT2D eigenvalue weighted by Crippen LogP contribution is -2.36. The highest BCUT2D eigenvalue weighted by atomic mass is 16.6. The number of ether oxygens (including phenoxy) is 1. The molecule has 2 aromatic heterocycles. The smallest absolute Gasteiger partial charge is 0.410 e. The van der Waals surface area contributed by atoms with Gasteiger partial charge in [-0.15, -0.1) is 0 Å². The van der Waals surface area contributed by atoms with E-state index >= 15 is 0 Å². The van der Waals surface area contributed by atoms with Crippen LogP contribution in [0.2, 0.25) is 0 Å². The van der Waals surface area contributed by atoms with Crippen molar-refractivity contribution in [3.63, 3.8) is 0 Å². The van der Waals surface area contributed by atoms with Gasteiger partial charge in [0.05, 0.1) is 35.0 Å². The van der Waals surface area contributed by atoms with Crippen LogP contribution in [0.3, 0.4) is 0 Å². The van der Waals surface area contributed by atoms with Gasteiger partial charge in [0, 0.05) is 6.54 Å².